The van der Waals surface area contributed by atoms with E-state index in [1.807, 2.05) is 31.2 Å². The van der Waals surface area contributed by atoms with Gasteiger partial charge in [0, 0.05) is 6.07 Å². The van der Waals surface area contributed by atoms with Crippen LogP contribution in [0.2, 0.25) is 5.02 Å². The van der Waals surface area contributed by atoms with Gasteiger partial charge in [-0.2, -0.15) is 0 Å². The third-order valence-electron chi connectivity index (χ3n) is 3.05. The van der Waals surface area contributed by atoms with E-state index in [9.17, 15) is 0 Å². The first kappa shape index (κ1) is 13.8. The number of hydrogen-bond acceptors (Lipinski definition) is 2. The van der Waals surface area contributed by atoms with Crippen LogP contribution in [0.3, 0.4) is 0 Å². The number of ether oxygens (including phenoxy) is 1. The zero-order valence-electron chi connectivity index (χ0n) is 11.4. The molecule has 0 radical (unpaired) electrons. The number of nitrogens with two attached hydrogens (primary N) is 1. The Balaban J connectivity index is 2.31. The molecule has 0 atom stereocenters. The average molecular weight is 276 g/mol. The Labute approximate surface area is 119 Å². The van der Waals surface area contributed by atoms with E-state index in [0.29, 0.717) is 16.6 Å². The third kappa shape index (κ3) is 3.21. The minimum absolute atomic E-state index is 0.472. The molecule has 0 unspecified atom stereocenters. The minimum atomic E-state index is 0.472. The van der Waals surface area contributed by atoms with Crippen LogP contribution in [0.15, 0.2) is 36.4 Å². The number of rotatable bonds is 3. The predicted molar refractivity (Wildman–Crippen MR) is 81.2 cm³/mol. The van der Waals surface area contributed by atoms with Gasteiger partial charge < -0.3 is 10.5 Å². The van der Waals surface area contributed by atoms with Crippen LogP contribution in [0.1, 0.15) is 30.9 Å². The molecule has 0 amide bonds. The zero-order chi connectivity index (χ0) is 14.0. The Morgan fingerprint density at radius 2 is 1.89 bits per heavy atom. The summed E-state index contributed by atoms with van der Waals surface area (Å²) < 4.78 is 5.90. The van der Waals surface area contributed by atoms with Crippen LogP contribution in [-0.4, -0.2) is 0 Å². The van der Waals surface area contributed by atoms with Gasteiger partial charge in [-0.05, 0) is 42.2 Å². The second-order valence-corrected chi connectivity index (χ2v) is 5.38. The van der Waals surface area contributed by atoms with Crippen molar-refractivity contribution >= 4 is 17.3 Å². The fourth-order valence-corrected chi connectivity index (χ4v) is 2.01. The molecule has 0 saturated carbocycles. The lowest BCUT2D eigenvalue weighted by molar-refractivity contribution is 0.478. The molecule has 2 aromatic carbocycles. The van der Waals surface area contributed by atoms with E-state index < -0.39 is 0 Å². The molecule has 0 fully saturated rings. The molecule has 0 aromatic heterocycles. The van der Waals surface area contributed by atoms with Crippen molar-refractivity contribution in [3.63, 3.8) is 0 Å². The van der Waals surface area contributed by atoms with Gasteiger partial charge in [0.15, 0.2) is 0 Å². The van der Waals surface area contributed by atoms with Crippen LogP contribution in [-0.2, 0) is 0 Å². The van der Waals surface area contributed by atoms with Crippen LogP contribution in [0.4, 0.5) is 5.69 Å². The van der Waals surface area contributed by atoms with Crippen molar-refractivity contribution in [2.75, 3.05) is 5.73 Å². The molecule has 19 heavy (non-hydrogen) atoms. The Bertz CT molecular complexity index is 593. The summed E-state index contributed by atoms with van der Waals surface area (Å²) in [5.41, 5.74) is 8.55. The number of benzene rings is 2. The van der Waals surface area contributed by atoms with Gasteiger partial charge in [-0.3, -0.25) is 0 Å². The summed E-state index contributed by atoms with van der Waals surface area (Å²) >= 11 is 6.03. The summed E-state index contributed by atoms with van der Waals surface area (Å²) in [5, 5.41) is 0.514. The minimum Gasteiger partial charge on any atom is -0.457 e. The average Bonchev–Trinajstić information content (AvgIpc) is 2.36. The summed E-state index contributed by atoms with van der Waals surface area (Å²) in [7, 11) is 0. The first-order valence-electron chi connectivity index (χ1n) is 6.31. The highest BCUT2D eigenvalue weighted by Crippen LogP contribution is 2.32. The van der Waals surface area contributed by atoms with Crippen molar-refractivity contribution in [2.45, 2.75) is 26.7 Å². The molecule has 0 spiro atoms. The quantitative estimate of drug-likeness (QED) is 0.787. The fraction of sp³-hybridized carbons (Fsp3) is 0.250. The van der Waals surface area contributed by atoms with Gasteiger partial charge in [-0.25, -0.2) is 0 Å². The van der Waals surface area contributed by atoms with Crippen LogP contribution in [0, 0.1) is 6.92 Å². The summed E-state index contributed by atoms with van der Waals surface area (Å²) in [4.78, 5) is 0. The molecule has 2 aromatic rings. The van der Waals surface area contributed by atoms with E-state index >= 15 is 0 Å². The standard InChI is InChI=1S/C16H18ClNO/c1-10(2)12-5-4-6-13(8-12)19-16-9-14(17)15(18)7-11(16)3/h4-10H,18H2,1-3H3. The molecule has 2 N–H and O–H groups in total. The van der Waals surface area contributed by atoms with Crippen molar-refractivity contribution in [3.8, 4) is 11.5 Å². The lowest BCUT2D eigenvalue weighted by Crippen LogP contribution is -1.93. The highest BCUT2D eigenvalue weighted by molar-refractivity contribution is 6.33. The van der Waals surface area contributed by atoms with Crippen molar-refractivity contribution < 1.29 is 4.74 Å². The third-order valence-corrected chi connectivity index (χ3v) is 3.37. The molecule has 0 aliphatic carbocycles. The van der Waals surface area contributed by atoms with E-state index in [1.54, 1.807) is 6.07 Å². The van der Waals surface area contributed by atoms with Gasteiger partial charge in [0.1, 0.15) is 11.5 Å². The molecule has 0 aliphatic rings. The first-order valence-corrected chi connectivity index (χ1v) is 6.68. The van der Waals surface area contributed by atoms with E-state index in [4.69, 9.17) is 22.1 Å². The second kappa shape index (κ2) is 5.54. The van der Waals surface area contributed by atoms with Gasteiger partial charge >= 0.3 is 0 Å². The van der Waals surface area contributed by atoms with Crippen molar-refractivity contribution in [2.24, 2.45) is 0 Å². The van der Waals surface area contributed by atoms with Gasteiger partial charge in [0.2, 0.25) is 0 Å². The van der Waals surface area contributed by atoms with Crippen molar-refractivity contribution in [3.05, 3.63) is 52.5 Å². The lowest BCUT2D eigenvalue weighted by Gasteiger charge is -2.12. The molecule has 0 aliphatic heterocycles. The number of halogens is 1. The summed E-state index contributed by atoms with van der Waals surface area (Å²) in [6.45, 7) is 6.27. The number of anilines is 1. The number of aryl methyl sites for hydroxylation is 1. The van der Waals surface area contributed by atoms with Crippen LogP contribution < -0.4 is 10.5 Å². The molecule has 2 rings (SSSR count). The maximum atomic E-state index is 6.03. The number of nitrogen functional groups attached to an aromatic ring is 1. The highest BCUT2D eigenvalue weighted by Gasteiger charge is 2.07. The van der Waals surface area contributed by atoms with Gasteiger partial charge in [0.05, 0.1) is 10.7 Å². The Hall–Kier alpha value is -1.67. The largest absolute Gasteiger partial charge is 0.457 e. The monoisotopic (exact) mass is 275 g/mol. The zero-order valence-corrected chi connectivity index (χ0v) is 12.2. The SMILES string of the molecule is Cc1cc(N)c(Cl)cc1Oc1cccc(C(C)C)c1. The highest BCUT2D eigenvalue weighted by atomic mass is 35.5. The summed E-state index contributed by atoms with van der Waals surface area (Å²) in [6.07, 6.45) is 0. The van der Waals surface area contributed by atoms with Crippen LogP contribution >= 0.6 is 11.6 Å². The van der Waals surface area contributed by atoms with Crippen LogP contribution in [0.5, 0.6) is 11.5 Å². The molecule has 3 heteroatoms. The first-order chi connectivity index (χ1) is 8.97. The number of hydrogen-bond donors (Lipinski definition) is 1. The van der Waals surface area contributed by atoms with Crippen molar-refractivity contribution in [1.82, 2.24) is 0 Å². The Morgan fingerprint density at radius 1 is 1.16 bits per heavy atom. The van der Waals surface area contributed by atoms with Gasteiger partial charge in [0.25, 0.3) is 0 Å². The molecule has 2 nitrogen and oxygen atoms in total. The molecule has 0 heterocycles. The summed E-state index contributed by atoms with van der Waals surface area (Å²) in [5.74, 6) is 2.02. The molecule has 100 valence electrons. The molecule has 0 bridgehead atoms. The normalized spacial score (nSPS) is 10.8. The topological polar surface area (TPSA) is 35.2 Å². The van der Waals surface area contributed by atoms with E-state index in [2.05, 4.69) is 19.9 Å². The predicted octanol–water partition coefficient (Wildman–Crippen LogP) is 5.15. The molecule has 0 saturated heterocycles. The maximum absolute atomic E-state index is 6.03. The lowest BCUT2D eigenvalue weighted by atomic mass is 10.0. The van der Waals surface area contributed by atoms with E-state index in [-0.39, 0.29) is 0 Å². The van der Waals surface area contributed by atoms with E-state index in [0.717, 1.165) is 17.1 Å². The van der Waals surface area contributed by atoms with Crippen molar-refractivity contribution in [1.29, 1.82) is 0 Å². The molecular weight excluding hydrogens is 258 g/mol. The molecular formula is C16H18ClNO. The van der Waals surface area contributed by atoms with E-state index in [1.165, 1.54) is 5.56 Å². The van der Waals surface area contributed by atoms with Gasteiger partial charge in [-0.1, -0.05) is 37.6 Å². The second-order valence-electron chi connectivity index (χ2n) is 4.97. The van der Waals surface area contributed by atoms with Crippen LogP contribution in [0.25, 0.3) is 0 Å². The maximum Gasteiger partial charge on any atom is 0.131 e. The smallest absolute Gasteiger partial charge is 0.131 e. The Kier molecular flexibility index (Phi) is 4.01. The van der Waals surface area contributed by atoms with Gasteiger partial charge in [-0.15, -0.1) is 0 Å². The fourth-order valence-electron chi connectivity index (χ4n) is 1.86. The Morgan fingerprint density at radius 3 is 2.58 bits per heavy atom. The summed E-state index contributed by atoms with van der Waals surface area (Å²) in [6, 6.07) is 11.7.